The predicted molar refractivity (Wildman–Crippen MR) is 100 cm³/mol. The maximum absolute atomic E-state index is 12.6. The number of amides is 3. The highest BCUT2D eigenvalue weighted by atomic mass is 16.2. The van der Waals surface area contributed by atoms with Crippen molar-refractivity contribution < 1.29 is 14.4 Å². The molecule has 1 aromatic carbocycles. The first-order valence-corrected chi connectivity index (χ1v) is 8.93. The Morgan fingerprint density at radius 1 is 1.04 bits per heavy atom. The zero-order chi connectivity index (χ0) is 19.1. The standard InChI is InChI=1S/C20H22N4O3/c25-15-23-8-10-24(11-9-23)20(27)18-12-17(13-21-14-18)19(26)22-7-6-16-4-2-1-3-5-16/h1-5,12-15H,6-11H2,(H,22,26). The molecule has 7 nitrogen and oxygen atoms in total. The summed E-state index contributed by atoms with van der Waals surface area (Å²) in [5.41, 5.74) is 1.89. The van der Waals surface area contributed by atoms with Crippen LogP contribution in [0, 0.1) is 0 Å². The monoisotopic (exact) mass is 366 g/mol. The Labute approximate surface area is 158 Å². The van der Waals surface area contributed by atoms with E-state index in [2.05, 4.69) is 10.3 Å². The first-order valence-electron chi connectivity index (χ1n) is 8.93. The van der Waals surface area contributed by atoms with Gasteiger partial charge in [0.15, 0.2) is 0 Å². The van der Waals surface area contributed by atoms with Gasteiger partial charge in [-0.2, -0.15) is 0 Å². The number of hydrogen-bond donors (Lipinski definition) is 1. The van der Waals surface area contributed by atoms with Crippen LogP contribution in [-0.4, -0.2) is 65.7 Å². The van der Waals surface area contributed by atoms with Crippen LogP contribution in [0.4, 0.5) is 0 Å². The van der Waals surface area contributed by atoms with Gasteiger partial charge < -0.3 is 15.1 Å². The highest BCUT2D eigenvalue weighted by Gasteiger charge is 2.22. The number of nitrogens with one attached hydrogen (secondary N) is 1. The van der Waals surface area contributed by atoms with E-state index >= 15 is 0 Å². The predicted octanol–water partition coefficient (Wildman–Crippen LogP) is 0.968. The summed E-state index contributed by atoms with van der Waals surface area (Å²) >= 11 is 0. The molecule has 1 aromatic heterocycles. The Morgan fingerprint density at radius 3 is 2.44 bits per heavy atom. The number of benzene rings is 1. The molecule has 27 heavy (non-hydrogen) atoms. The molecule has 1 saturated heterocycles. The van der Waals surface area contributed by atoms with Crippen molar-refractivity contribution in [2.24, 2.45) is 0 Å². The van der Waals surface area contributed by atoms with Crippen LogP contribution in [0.25, 0.3) is 0 Å². The number of pyridine rings is 1. The van der Waals surface area contributed by atoms with Crippen LogP contribution in [0.3, 0.4) is 0 Å². The fourth-order valence-corrected chi connectivity index (χ4v) is 2.96. The van der Waals surface area contributed by atoms with Gasteiger partial charge in [0.25, 0.3) is 11.8 Å². The fourth-order valence-electron chi connectivity index (χ4n) is 2.96. The molecule has 140 valence electrons. The van der Waals surface area contributed by atoms with Crippen molar-refractivity contribution in [3.05, 3.63) is 65.5 Å². The summed E-state index contributed by atoms with van der Waals surface area (Å²) in [4.78, 5) is 43.1. The number of hydrogen-bond acceptors (Lipinski definition) is 4. The van der Waals surface area contributed by atoms with E-state index in [1.54, 1.807) is 15.9 Å². The van der Waals surface area contributed by atoms with Crippen molar-refractivity contribution in [1.29, 1.82) is 0 Å². The lowest BCUT2D eigenvalue weighted by molar-refractivity contribution is -0.119. The van der Waals surface area contributed by atoms with Crippen molar-refractivity contribution >= 4 is 18.2 Å². The Hall–Kier alpha value is -3.22. The van der Waals surface area contributed by atoms with Crippen LogP contribution in [0.2, 0.25) is 0 Å². The third kappa shape index (κ3) is 4.91. The lowest BCUT2D eigenvalue weighted by Crippen LogP contribution is -2.48. The molecule has 1 N–H and O–H groups in total. The van der Waals surface area contributed by atoms with E-state index in [-0.39, 0.29) is 11.8 Å². The molecule has 0 saturated carbocycles. The van der Waals surface area contributed by atoms with E-state index < -0.39 is 0 Å². The molecule has 1 aliphatic heterocycles. The quantitative estimate of drug-likeness (QED) is 0.773. The van der Waals surface area contributed by atoms with Gasteiger partial charge >= 0.3 is 0 Å². The zero-order valence-corrected chi connectivity index (χ0v) is 15.0. The number of piperazine rings is 1. The van der Waals surface area contributed by atoms with E-state index in [0.717, 1.165) is 18.4 Å². The normalized spacial score (nSPS) is 13.9. The Bertz CT molecular complexity index is 802. The molecular weight excluding hydrogens is 344 g/mol. The molecule has 0 radical (unpaired) electrons. The first-order chi connectivity index (χ1) is 13.2. The van der Waals surface area contributed by atoms with Crippen molar-refractivity contribution in [2.75, 3.05) is 32.7 Å². The molecule has 0 aliphatic carbocycles. The molecule has 2 heterocycles. The van der Waals surface area contributed by atoms with Gasteiger partial charge in [0.1, 0.15) is 0 Å². The summed E-state index contributed by atoms with van der Waals surface area (Å²) in [6.45, 7) is 2.50. The van der Waals surface area contributed by atoms with Crippen molar-refractivity contribution in [2.45, 2.75) is 6.42 Å². The van der Waals surface area contributed by atoms with Crippen LogP contribution in [0.5, 0.6) is 0 Å². The highest BCUT2D eigenvalue weighted by molar-refractivity contribution is 5.99. The summed E-state index contributed by atoms with van der Waals surface area (Å²) in [6.07, 6.45) is 4.46. The lowest BCUT2D eigenvalue weighted by Gasteiger charge is -2.32. The molecule has 1 fully saturated rings. The second-order valence-electron chi connectivity index (χ2n) is 6.39. The van der Waals surface area contributed by atoms with Crippen LogP contribution in [0.1, 0.15) is 26.3 Å². The Balaban J connectivity index is 1.57. The van der Waals surface area contributed by atoms with Crippen molar-refractivity contribution in [1.82, 2.24) is 20.1 Å². The van der Waals surface area contributed by atoms with E-state index in [9.17, 15) is 14.4 Å². The van der Waals surface area contributed by atoms with Crippen LogP contribution < -0.4 is 5.32 Å². The molecule has 3 rings (SSSR count). The van der Waals surface area contributed by atoms with Crippen LogP contribution >= 0.6 is 0 Å². The minimum Gasteiger partial charge on any atom is -0.352 e. The van der Waals surface area contributed by atoms with Gasteiger partial charge in [-0.1, -0.05) is 30.3 Å². The van der Waals surface area contributed by atoms with E-state index in [4.69, 9.17) is 0 Å². The third-order valence-corrected chi connectivity index (χ3v) is 4.54. The minimum absolute atomic E-state index is 0.174. The maximum atomic E-state index is 12.6. The van der Waals surface area contributed by atoms with Gasteiger partial charge in [-0.3, -0.25) is 19.4 Å². The second-order valence-corrected chi connectivity index (χ2v) is 6.39. The van der Waals surface area contributed by atoms with Gasteiger partial charge in [-0.25, -0.2) is 0 Å². The molecule has 1 aliphatic rings. The molecule has 0 spiro atoms. The maximum Gasteiger partial charge on any atom is 0.255 e. The summed E-state index contributed by atoms with van der Waals surface area (Å²) in [6, 6.07) is 11.5. The van der Waals surface area contributed by atoms with Crippen LogP contribution in [-0.2, 0) is 11.2 Å². The largest absolute Gasteiger partial charge is 0.352 e. The number of rotatable bonds is 6. The van der Waals surface area contributed by atoms with E-state index in [0.29, 0.717) is 43.9 Å². The number of nitrogens with zero attached hydrogens (tertiary/aromatic N) is 3. The van der Waals surface area contributed by atoms with Crippen molar-refractivity contribution in [3.8, 4) is 0 Å². The number of carbonyl (C=O) groups excluding carboxylic acids is 3. The smallest absolute Gasteiger partial charge is 0.255 e. The van der Waals surface area contributed by atoms with Crippen LogP contribution in [0.15, 0.2) is 48.8 Å². The molecule has 0 atom stereocenters. The molecule has 0 bridgehead atoms. The Morgan fingerprint density at radius 2 is 1.74 bits per heavy atom. The Kier molecular flexibility index (Phi) is 6.14. The average Bonchev–Trinajstić information content (AvgIpc) is 2.74. The number of carbonyl (C=O) groups is 3. The molecule has 3 amide bonds. The fraction of sp³-hybridized carbons (Fsp3) is 0.300. The first kappa shape index (κ1) is 18.6. The topological polar surface area (TPSA) is 82.6 Å². The van der Waals surface area contributed by atoms with Gasteiger partial charge in [-0.15, -0.1) is 0 Å². The highest BCUT2D eigenvalue weighted by Crippen LogP contribution is 2.09. The molecule has 7 heteroatoms. The van der Waals surface area contributed by atoms with Gasteiger partial charge in [0.2, 0.25) is 6.41 Å². The second kappa shape index (κ2) is 8.93. The molecule has 0 unspecified atom stereocenters. The van der Waals surface area contributed by atoms with E-state index in [1.807, 2.05) is 30.3 Å². The summed E-state index contributed by atoms with van der Waals surface area (Å²) in [5.74, 6) is -0.425. The average molecular weight is 366 g/mol. The summed E-state index contributed by atoms with van der Waals surface area (Å²) in [7, 11) is 0. The molecule has 2 aromatic rings. The van der Waals surface area contributed by atoms with Gasteiger partial charge in [0.05, 0.1) is 11.1 Å². The minimum atomic E-state index is -0.251. The SMILES string of the molecule is O=CN1CCN(C(=O)c2cncc(C(=O)NCCc3ccccc3)c2)CC1. The van der Waals surface area contributed by atoms with E-state index in [1.165, 1.54) is 12.4 Å². The molecular formula is C20H22N4O3. The van der Waals surface area contributed by atoms with Gasteiger partial charge in [-0.05, 0) is 18.1 Å². The zero-order valence-electron chi connectivity index (χ0n) is 15.0. The summed E-state index contributed by atoms with van der Waals surface area (Å²) < 4.78 is 0. The van der Waals surface area contributed by atoms with Gasteiger partial charge in [0, 0.05) is 45.1 Å². The lowest BCUT2D eigenvalue weighted by atomic mass is 10.1. The third-order valence-electron chi connectivity index (χ3n) is 4.54. The number of aromatic nitrogens is 1. The summed E-state index contributed by atoms with van der Waals surface area (Å²) in [5, 5.41) is 2.86. The van der Waals surface area contributed by atoms with Crippen molar-refractivity contribution in [3.63, 3.8) is 0 Å².